The van der Waals surface area contributed by atoms with E-state index in [1.165, 1.54) is 0 Å². The van der Waals surface area contributed by atoms with Crippen molar-refractivity contribution in [3.8, 4) is 0 Å². The fourth-order valence-corrected chi connectivity index (χ4v) is 2.20. The molecule has 88 valence electrons. The van der Waals surface area contributed by atoms with Crippen molar-refractivity contribution in [2.45, 2.75) is 13.0 Å². The van der Waals surface area contributed by atoms with Crippen LogP contribution in [0.5, 0.6) is 0 Å². The first-order chi connectivity index (χ1) is 8.22. The van der Waals surface area contributed by atoms with E-state index < -0.39 is 0 Å². The van der Waals surface area contributed by atoms with Crippen LogP contribution in [-0.4, -0.2) is 0 Å². The van der Waals surface area contributed by atoms with Gasteiger partial charge in [-0.25, -0.2) is 5.43 Å². The summed E-state index contributed by atoms with van der Waals surface area (Å²) in [5.74, 6) is 5.66. The molecule has 1 atom stereocenters. The van der Waals surface area contributed by atoms with Crippen LogP contribution >= 0.6 is 11.6 Å². The minimum Gasteiger partial charge on any atom is -0.271 e. The number of benzene rings is 2. The van der Waals surface area contributed by atoms with Crippen LogP contribution in [0.1, 0.15) is 22.7 Å². The summed E-state index contributed by atoms with van der Waals surface area (Å²) in [7, 11) is 0. The fourth-order valence-electron chi connectivity index (χ4n) is 1.97. The number of rotatable bonds is 3. The van der Waals surface area contributed by atoms with Gasteiger partial charge in [0.15, 0.2) is 0 Å². The van der Waals surface area contributed by atoms with Gasteiger partial charge in [-0.2, -0.15) is 0 Å². The van der Waals surface area contributed by atoms with Gasteiger partial charge in [0.05, 0.1) is 6.04 Å². The summed E-state index contributed by atoms with van der Waals surface area (Å²) >= 11 is 5.96. The van der Waals surface area contributed by atoms with Crippen molar-refractivity contribution in [1.29, 1.82) is 0 Å². The van der Waals surface area contributed by atoms with Crippen LogP contribution in [0.15, 0.2) is 48.5 Å². The molecule has 0 spiro atoms. The van der Waals surface area contributed by atoms with E-state index in [-0.39, 0.29) is 6.04 Å². The van der Waals surface area contributed by atoms with Gasteiger partial charge < -0.3 is 0 Å². The molecule has 0 aliphatic rings. The molecular formula is C14H15ClN2. The van der Waals surface area contributed by atoms with E-state index in [9.17, 15) is 0 Å². The minimum absolute atomic E-state index is 0.00605. The summed E-state index contributed by atoms with van der Waals surface area (Å²) in [4.78, 5) is 0. The molecule has 2 aromatic carbocycles. The molecule has 0 radical (unpaired) electrons. The number of halogens is 1. The maximum atomic E-state index is 5.96. The summed E-state index contributed by atoms with van der Waals surface area (Å²) in [5.41, 5.74) is 6.26. The lowest BCUT2D eigenvalue weighted by Crippen LogP contribution is -2.29. The zero-order chi connectivity index (χ0) is 12.3. The quantitative estimate of drug-likeness (QED) is 0.645. The summed E-state index contributed by atoms with van der Waals surface area (Å²) < 4.78 is 0. The van der Waals surface area contributed by atoms with E-state index in [0.29, 0.717) is 0 Å². The highest BCUT2D eigenvalue weighted by atomic mass is 35.5. The maximum Gasteiger partial charge on any atom is 0.0712 e. The van der Waals surface area contributed by atoms with Gasteiger partial charge in [-0.05, 0) is 35.7 Å². The van der Waals surface area contributed by atoms with Crippen LogP contribution in [0, 0.1) is 6.92 Å². The Hall–Kier alpha value is -1.35. The first-order valence-electron chi connectivity index (χ1n) is 5.49. The number of nitrogens with two attached hydrogens (primary N) is 1. The first kappa shape index (κ1) is 12.1. The van der Waals surface area contributed by atoms with Crippen LogP contribution < -0.4 is 11.3 Å². The normalized spacial score (nSPS) is 12.4. The molecule has 0 heterocycles. The lowest BCUT2D eigenvalue weighted by Gasteiger charge is -2.19. The Balaban J connectivity index is 2.42. The lowest BCUT2D eigenvalue weighted by molar-refractivity contribution is 0.634. The molecule has 0 aromatic heterocycles. The Morgan fingerprint density at radius 3 is 2.41 bits per heavy atom. The summed E-state index contributed by atoms with van der Waals surface area (Å²) in [6.45, 7) is 2.04. The molecule has 0 aliphatic heterocycles. The third kappa shape index (κ3) is 2.67. The molecule has 0 saturated carbocycles. The number of nitrogens with one attached hydrogen (secondary N) is 1. The largest absolute Gasteiger partial charge is 0.271 e. The van der Waals surface area contributed by atoms with Crippen molar-refractivity contribution in [3.63, 3.8) is 0 Å². The molecular weight excluding hydrogens is 232 g/mol. The van der Waals surface area contributed by atoms with E-state index in [1.807, 2.05) is 43.3 Å². The van der Waals surface area contributed by atoms with Crippen molar-refractivity contribution in [2.75, 3.05) is 0 Å². The summed E-state index contributed by atoms with van der Waals surface area (Å²) in [5, 5.41) is 0.745. The van der Waals surface area contributed by atoms with Crippen molar-refractivity contribution < 1.29 is 0 Å². The number of hydrazine groups is 1. The van der Waals surface area contributed by atoms with Crippen LogP contribution in [-0.2, 0) is 0 Å². The third-order valence-electron chi connectivity index (χ3n) is 2.84. The molecule has 2 rings (SSSR count). The van der Waals surface area contributed by atoms with Crippen molar-refractivity contribution in [2.24, 2.45) is 5.84 Å². The standard InChI is InChI=1S/C14H15ClN2/c1-10-9-12(15)7-8-13(10)14(17-16)11-5-3-2-4-6-11/h2-9,14,17H,16H2,1H3. The molecule has 0 aliphatic carbocycles. The monoisotopic (exact) mass is 246 g/mol. The average Bonchev–Trinajstić information content (AvgIpc) is 2.34. The molecule has 2 aromatic rings. The highest BCUT2D eigenvalue weighted by Crippen LogP contribution is 2.26. The van der Waals surface area contributed by atoms with E-state index in [1.54, 1.807) is 0 Å². The Labute approximate surface area is 106 Å². The Kier molecular flexibility index (Phi) is 3.79. The van der Waals surface area contributed by atoms with Gasteiger partial charge >= 0.3 is 0 Å². The van der Waals surface area contributed by atoms with Gasteiger partial charge in [0, 0.05) is 5.02 Å². The van der Waals surface area contributed by atoms with Gasteiger partial charge in [-0.15, -0.1) is 0 Å². The van der Waals surface area contributed by atoms with E-state index in [2.05, 4.69) is 17.6 Å². The Morgan fingerprint density at radius 1 is 1.12 bits per heavy atom. The maximum absolute atomic E-state index is 5.96. The topological polar surface area (TPSA) is 38.0 Å². The molecule has 17 heavy (non-hydrogen) atoms. The lowest BCUT2D eigenvalue weighted by atomic mass is 9.96. The minimum atomic E-state index is -0.00605. The molecule has 2 nitrogen and oxygen atoms in total. The zero-order valence-electron chi connectivity index (χ0n) is 9.65. The van der Waals surface area contributed by atoms with Crippen molar-refractivity contribution in [1.82, 2.24) is 5.43 Å². The molecule has 1 unspecified atom stereocenters. The van der Waals surface area contributed by atoms with Crippen LogP contribution in [0.4, 0.5) is 0 Å². The van der Waals surface area contributed by atoms with Crippen LogP contribution in [0.2, 0.25) is 5.02 Å². The van der Waals surface area contributed by atoms with Crippen molar-refractivity contribution >= 4 is 11.6 Å². The van der Waals surface area contributed by atoms with Crippen molar-refractivity contribution in [3.05, 3.63) is 70.2 Å². The molecule has 0 fully saturated rings. The van der Waals surface area contributed by atoms with Gasteiger partial charge in [0.25, 0.3) is 0 Å². The predicted molar refractivity (Wildman–Crippen MR) is 71.8 cm³/mol. The van der Waals surface area contributed by atoms with Gasteiger partial charge in [0.2, 0.25) is 0 Å². The Bertz CT molecular complexity index is 497. The van der Waals surface area contributed by atoms with Crippen LogP contribution in [0.3, 0.4) is 0 Å². The smallest absolute Gasteiger partial charge is 0.0712 e. The second-order valence-electron chi connectivity index (χ2n) is 4.01. The first-order valence-corrected chi connectivity index (χ1v) is 5.87. The third-order valence-corrected chi connectivity index (χ3v) is 3.08. The second-order valence-corrected chi connectivity index (χ2v) is 4.45. The van der Waals surface area contributed by atoms with Gasteiger partial charge in [-0.1, -0.05) is 48.0 Å². The van der Waals surface area contributed by atoms with Crippen LogP contribution in [0.25, 0.3) is 0 Å². The molecule has 3 heteroatoms. The molecule has 0 bridgehead atoms. The Morgan fingerprint density at radius 2 is 1.82 bits per heavy atom. The average molecular weight is 247 g/mol. The van der Waals surface area contributed by atoms with E-state index in [0.717, 1.165) is 21.7 Å². The highest BCUT2D eigenvalue weighted by molar-refractivity contribution is 6.30. The SMILES string of the molecule is Cc1cc(Cl)ccc1C(NN)c1ccccc1. The second kappa shape index (κ2) is 5.32. The van der Waals surface area contributed by atoms with E-state index >= 15 is 0 Å². The number of hydrogen-bond donors (Lipinski definition) is 2. The summed E-state index contributed by atoms with van der Waals surface area (Å²) in [6, 6.07) is 15.9. The van der Waals surface area contributed by atoms with Gasteiger partial charge in [0.1, 0.15) is 0 Å². The number of hydrogen-bond acceptors (Lipinski definition) is 2. The molecule has 3 N–H and O–H groups in total. The summed E-state index contributed by atoms with van der Waals surface area (Å²) in [6.07, 6.45) is 0. The van der Waals surface area contributed by atoms with Gasteiger partial charge in [-0.3, -0.25) is 5.84 Å². The number of aryl methyl sites for hydroxylation is 1. The highest BCUT2D eigenvalue weighted by Gasteiger charge is 2.14. The molecule has 0 amide bonds. The fraction of sp³-hybridized carbons (Fsp3) is 0.143. The molecule has 0 saturated heterocycles. The van der Waals surface area contributed by atoms with E-state index in [4.69, 9.17) is 17.4 Å². The zero-order valence-corrected chi connectivity index (χ0v) is 10.4. The predicted octanol–water partition coefficient (Wildman–Crippen LogP) is 3.20.